The van der Waals surface area contributed by atoms with Crippen LogP contribution < -0.4 is 4.74 Å². The predicted molar refractivity (Wildman–Crippen MR) is 67.4 cm³/mol. The normalized spacial score (nSPS) is 16.1. The number of ether oxygens (including phenoxy) is 1. The third-order valence-electron chi connectivity index (χ3n) is 3.25. The number of amides is 1. The molecule has 0 saturated carbocycles. The van der Waals surface area contributed by atoms with Gasteiger partial charge in [0.25, 0.3) is 5.91 Å². The minimum atomic E-state index is -4.48. The van der Waals surface area contributed by atoms with Gasteiger partial charge in [0.2, 0.25) is 0 Å². The van der Waals surface area contributed by atoms with Crippen molar-refractivity contribution in [3.8, 4) is 5.75 Å². The van der Waals surface area contributed by atoms with Crippen molar-refractivity contribution in [2.45, 2.75) is 25.4 Å². The Morgan fingerprint density at radius 2 is 1.80 bits per heavy atom. The van der Waals surface area contributed by atoms with Crippen LogP contribution in [0.4, 0.5) is 13.2 Å². The van der Waals surface area contributed by atoms with E-state index in [4.69, 9.17) is 4.74 Å². The minimum absolute atomic E-state index is 0.262. The Labute approximate surface area is 115 Å². The Bertz CT molecular complexity index is 468. The molecule has 1 aliphatic rings. The summed E-state index contributed by atoms with van der Waals surface area (Å²) in [6, 6.07) is 4.92. The monoisotopic (exact) mass is 287 g/mol. The molecule has 1 heterocycles. The molecule has 0 atom stereocenters. The van der Waals surface area contributed by atoms with Crippen LogP contribution in [0.5, 0.6) is 5.75 Å². The van der Waals surface area contributed by atoms with E-state index in [1.165, 1.54) is 18.2 Å². The number of hydrogen-bond acceptors (Lipinski definition) is 2. The topological polar surface area (TPSA) is 29.5 Å². The van der Waals surface area contributed by atoms with E-state index in [2.05, 4.69) is 0 Å². The van der Waals surface area contributed by atoms with Crippen LogP contribution in [0.15, 0.2) is 24.3 Å². The van der Waals surface area contributed by atoms with Gasteiger partial charge >= 0.3 is 6.18 Å². The van der Waals surface area contributed by atoms with Crippen LogP contribution in [0, 0.1) is 0 Å². The van der Waals surface area contributed by atoms with Crippen molar-refractivity contribution in [1.82, 2.24) is 4.90 Å². The molecule has 0 aliphatic carbocycles. The van der Waals surface area contributed by atoms with Crippen molar-refractivity contribution in [1.29, 1.82) is 0 Å². The van der Waals surface area contributed by atoms with E-state index in [9.17, 15) is 18.0 Å². The fourth-order valence-electron chi connectivity index (χ4n) is 2.20. The molecular weight excluding hydrogens is 271 g/mol. The highest BCUT2D eigenvalue weighted by molar-refractivity contribution is 5.77. The number of carbonyl (C=O) groups is 1. The van der Waals surface area contributed by atoms with Crippen molar-refractivity contribution in [3.05, 3.63) is 29.8 Å². The number of alkyl halides is 3. The first-order valence-corrected chi connectivity index (χ1v) is 6.55. The number of benzene rings is 1. The van der Waals surface area contributed by atoms with E-state index in [0.717, 1.165) is 25.3 Å². The lowest BCUT2D eigenvalue weighted by Gasteiger charge is -2.26. The van der Waals surface area contributed by atoms with Gasteiger partial charge < -0.3 is 9.64 Å². The average Bonchev–Trinajstić information content (AvgIpc) is 2.45. The second kappa shape index (κ2) is 6.15. The molecule has 0 spiro atoms. The molecule has 20 heavy (non-hydrogen) atoms. The van der Waals surface area contributed by atoms with Gasteiger partial charge in [-0.05, 0) is 31.4 Å². The average molecular weight is 287 g/mol. The van der Waals surface area contributed by atoms with Gasteiger partial charge in [0.05, 0.1) is 5.56 Å². The van der Waals surface area contributed by atoms with Gasteiger partial charge in [0.15, 0.2) is 6.61 Å². The highest BCUT2D eigenvalue weighted by Crippen LogP contribution is 2.35. The van der Waals surface area contributed by atoms with Crippen LogP contribution >= 0.6 is 0 Å². The maximum Gasteiger partial charge on any atom is 0.419 e. The van der Waals surface area contributed by atoms with E-state index in [-0.39, 0.29) is 18.3 Å². The molecule has 6 heteroatoms. The first kappa shape index (κ1) is 14.7. The van der Waals surface area contributed by atoms with E-state index in [1.807, 2.05) is 0 Å². The van der Waals surface area contributed by atoms with Crippen LogP contribution in [0.25, 0.3) is 0 Å². The summed E-state index contributed by atoms with van der Waals surface area (Å²) < 4.78 is 43.3. The van der Waals surface area contributed by atoms with E-state index >= 15 is 0 Å². The summed E-state index contributed by atoms with van der Waals surface area (Å²) in [4.78, 5) is 13.5. The van der Waals surface area contributed by atoms with E-state index in [0.29, 0.717) is 13.1 Å². The summed E-state index contributed by atoms with van der Waals surface area (Å²) in [7, 11) is 0. The Kier molecular flexibility index (Phi) is 4.52. The third-order valence-corrected chi connectivity index (χ3v) is 3.25. The minimum Gasteiger partial charge on any atom is -0.483 e. The molecule has 110 valence electrons. The molecule has 0 N–H and O–H groups in total. The van der Waals surface area contributed by atoms with Gasteiger partial charge in [-0.2, -0.15) is 13.2 Å². The largest absolute Gasteiger partial charge is 0.483 e. The quantitative estimate of drug-likeness (QED) is 0.855. The molecule has 1 aromatic carbocycles. The third kappa shape index (κ3) is 3.65. The number of rotatable bonds is 3. The molecule has 3 nitrogen and oxygen atoms in total. The maximum atomic E-state index is 12.8. The van der Waals surface area contributed by atoms with Crippen LogP contribution in [0.3, 0.4) is 0 Å². The number of halogens is 3. The Morgan fingerprint density at radius 3 is 2.45 bits per heavy atom. The first-order chi connectivity index (χ1) is 9.48. The molecule has 0 bridgehead atoms. The Morgan fingerprint density at radius 1 is 1.15 bits per heavy atom. The fourth-order valence-corrected chi connectivity index (χ4v) is 2.20. The van der Waals surface area contributed by atoms with Gasteiger partial charge in [0.1, 0.15) is 5.75 Å². The molecule has 2 rings (SSSR count). The number of para-hydroxylation sites is 1. The molecule has 0 unspecified atom stereocenters. The van der Waals surface area contributed by atoms with Gasteiger partial charge in [0, 0.05) is 13.1 Å². The van der Waals surface area contributed by atoms with Crippen molar-refractivity contribution in [3.63, 3.8) is 0 Å². The number of likely N-dealkylation sites (tertiary alicyclic amines) is 1. The number of carbonyl (C=O) groups excluding carboxylic acids is 1. The van der Waals surface area contributed by atoms with Crippen LogP contribution in [-0.2, 0) is 11.0 Å². The molecule has 0 aromatic heterocycles. The SMILES string of the molecule is O=C(COc1ccccc1C(F)(F)F)N1CCCCC1. The molecule has 1 amide bonds. The van der Waals surface area contributed by atoms with Gasteiger partial charge in [-0.3, -0.25) is 4.79 Å². The summed E-state index contributed by atoms with van der Waals surface area (Å²) in [5, 5.41) is 0. The Hall–Kier alpha value is -1.72. The predicted octanol–water partition coefficient (Wildman–Crippen LogP) is 3.10. The Balaban J connectivity index is 1.98. The second-order valence-corrected chi connectivity index (χ2v) is 4.72. The van der Waals surface area contributed by atoms with Crippen molar-refractivity contribution in [2.75, 3.05) is 19.7 Å². The maximum absolute atomic E-state index is 12.8. The standard InChI is InChI=1S/C14H16F3NO2/c15-14(16,17)11-6-2-3-7-12(11)20-10-13(19)18-8-4-1-5-9-18/h2-3,6-7H,1,4-5,8-10H2. The second-order valence-electron chi connectivity index (χ2n) is 4.72. The highest BCUT2D eigenvalue weighted by Gasteiger charge is 2.34. The molecule has 1 fully saturated rings. The lowest BCUT2D eigenvalue weighted by molar-refractivity contribution is -0.141. The first-order valence-electron chi connectivity index (χ1n) is 6.55. The van der Waals surface area contributed by atoms with E-state index in [1.54, 1.807) is 4.90 Å². The fraction of sp³-hybridized carbons (Fsp3) is 0.500. The number of nitrogens with zero attached hydrogens (tertiary/aromatic N) is 1. The smallest absolute Gasteiger partial charge is 0.419 e. The van der Waals surface area contributed by atoms with Crippen molar-refractivity contribution < 1.29 is 22.7 Å². The van der Waals surface area contributed by atoms with Crippen LogP contribution in [0.2, 0.25) is 0 Å². The summed E-state index contributed by atoms with van der Waals surface area (Å²) in [5.74, 6) is -0.563. The molecule has 1 aromatic rings. The lowest BCUT2D eigenvalue weighted by Crippen LogP contribution is -2.38. The summed E-state index contributed by atoms with van der Waals surface area (Å²) in [5.41, 5.74) is -0.855. The molecule has 1 saturated heterocycles. The van der Waals surface area contributed by atoms with Gasteiger partial charge in [-0.15, -0.1) is 0 Å². The van der Waals surface area contributed by atoms with Crippen molar-refractivity contribution in [2.24, 2.45) is 0 Å². The van der Waals surface area contributed by atoms with Gasteiger partial charge in [-0.25, -0.2) is 0 Å². The van der Waals surface area contributed by atoms with E-state index < -0.39 is 11.7 Å². The van der Waals surface area contributed by atoms with Gasteiger partial charge in [-0.1, -0.05) is 12.1 Å². The number of hydrogen-bond donors (Lipinski definition) is 0. The zero-order valence-corrected chi connectivity index (χ0v) is 10.9. The summed E-state index contributed by atoms with van der Waals surface area (Å²) in [6.07, 6.45) is -1.53. The molecule has 1 aliphatic heterocycles. The van der Waals surface area contributed by atoms with Crippen LogP contribution in [0.1, 0.15) is 24.8 Å². The lowest BCUT2D eigenvalue weighted by atomic mass is 10.1. The molecule has 0 radical (unpaired) electrons. The zero-order valence-electron chi connectivity index (χ0n) is 10.9. The summed E-state index contributed by atoms with van der Waals surface area (Å²) >= 11 is 0. The highest BCUT2D eigenvalue weighted by atomic mass is 19.4. The molecular formula is C14H16F3NO2. The summed E-state index contributed by atoms with van der Waals surface area (Å²) in [6.45, 7) is 0.958. The zero-order chi connectivity index (χ0) is 14.6. The number of piperidine rings is 1. The van der Waals surface area contributed by atoms with Crippen LogP contribution in [-0.4, -0.2) is 30.5 Å². The van der Waals surface area contributed by atoms with Crippen molar-refractivity contribution >= 4 is 5.91 Å².